The quantitative estimate of drug-likeness (QED) is 0.754. The van der Waals surface area contributed by atoms with Gasteiger partial charge >= 0.3 is 0 Å². The van der Waals surface area contributed by atoms with E-state index in [1.807, 2.05) is 13.8 Å². The van der Waals surface area contributed by atoms with Gasteiger partial charge in [-0.15, -0.1) is 0 Å². The van der Waals surface area contributed by atoms with Crippen molar-refractivity contribution in [3.05, 3.63) is 17.5 Å². The molecule has 1 heterocycles. The molecule has 0 aliphatic rings. The molecule has 1 rings (SSSR count). The van der Waals surface area contributed by atoms with Crippen molar-refractivity contribution in [3.8, 4) is 0 Å². The van der Waals surface area contributed by atoms with Crippen LogP contribution in [0.2, 0.25) is 0 Å². The molecule has 1 amide bonds. The zero-order valence-electron chi connectivity index (χ0n) is 9.33. The SMILES string of the molecule is Cc1nocc1CC(=O)NC(C)(C)CN. The third kappa shape index (κ3) is 3.36. The van der Waals surface area contributed by atoms with Crippen molar-refractivity contribution < 1.29 is 9.32 Å². The first-order valence-electron chi connectivity index (χ1n) is 4.85. The minimum absolute atomic E-state index is 0.0725. The Morgan fingerprint density at radius 3 is 2.80 bits per heavy atom. The second-order valence-corrected chi connectivity index (χ2v) is 4.24. The fourth-order valence-electron chi connectivity index (χ4n) is 1.13. The molecule has 0 saturated heterocycles. The minimum atomic E-state index is -0.373. The molecule has 0 atom stereocenters. The molecule has 0 radical (unpaired) electrons. The number of hydrogen-bond acceptors (Lipinski definition) is 4. The van der Waals surface area contributed by atoms with Crippen LogP contribution in [0, 0.1) is 6.92 Å². The lowest BCUT2D eigenvalue weighted by atomic mass is 10.1. The van der Waals surface area contributed by atoms with Gasteiger partial charge in [-0.1, -0.05) is 5.16 Å². The molecule has 0 saturated carbocycles. The summed E-state index contributed by atoms with van der Waals surface area (Å²) in [6.45, 7) is 5.97. The van der Waals surface area contributed by atoms with E-state index < -0.39 is 0 Å². The van der Waals surface area contributed by atoms with Gasteiger partial charge in [0.25, 0.3) is 0 Å². The Hall–Kier alpha value is -1.36. The predicted molar refractivity (Wildman–Crippen MR) is 56.2 cm³/mol. The molecule has 5 heteroatoms. The molecule has 0 bridgehead atoms. The van der Waals surface area contributed by atoms with Crippen LogP contribution < -0.4 is 11.1 Å². The van der Waals surface area contributed by atoms with Gasteiger partial charge in [-0.05, 0) is 20.8 Å². The normalized spacial score (nSPS) is 11.5. The Balaban J connectivity index is 2.54. The largest absolute Gasteiger partial charge is 0.364 e. The van der Waals surface area contributed by atoms with Crippen molar-refractivity contribution in [2.24, 2.45) is 5.73 Å². The maximum absolute atomic E-state index is 11.6. The lowest BCUT2D eigenvalue weighted by molar-refractivity contribution is -0.121. The van der Waals surface area contributed by atoms with E-state index in [1.54, 1.807) is 6.92 Å². The Morgan fingerprint density at radius 1 is 1.67 bits per heavy atom. The second-order valence-electron chi connectivity index (χ2n) is 4.24. The summed E-state index contributed by atoms with van der Waals surface area (Å²) in [6, 6.07) is 0. The molecule has 3 N–H and O–H groups in total. The van der Waals surface area contributed by atoms with E-state index in [9.17, 15) is 4.79 Å². The van der Waals surface area contributed by atoms with Crippen LogP contribution in [-0.4, -0.2) is 23.1 Å². The average molecular weight is 211 g/mol. The fourth-order valence-corrected chi connectivity index (χ4v) is 1.13. The van der Waals surface area contributed by atoms with E-state index in [2.05, 4.69) is 10.5 Å². The Bertz CT molecular complexity index is 344. The summed E-state index contributed by atoms with van der Waals surface area (Å²) in [4.78, 5) is 11.6. The highest BCUT2D eigenvalue weighted by Gasteiger charge is 2.19. The third-order valence-electron chi connectivity index (χ3n) is 2.19. The first-order valence-corrected chi connectivity index (χ1v) is 4.85. The number of hydrogen-bond donors (Lipinski definition) is 2. The number of nitrogens with two attached hydrogens (primary N) is 1. The van der Waals surface area contributed by atoms with E-state index in [-0.39, 0.29) is 17.9 Å². The maximum Gasteiger partial charge on any atom is 0.225 e. The number of amides is 1. The van der Waals surface area contributed by atoms with Crippen LogP contribution in [0.5, 0.6) is 0 Å². The minimum Gasteiger partial charge on any atom is -0.364 e. The maximum atomic E-state index is 11.6. The molecule has 0 fully saturated rings. The Morgan fingerprint density at radius 2 is 2.33 bits per heavy atom. The predicted octanol–water partition coefficient (Wildman–Crippen LogP) is 0.379. The molecule has 1 aromatic rings. The third-order valence-corrected chi connectivity index (χ3v) is 2.19. The van der Waals surface area contributed by atoms with E-state index in [4.69, 9.17) is 10.3 Å². The number of nitrogens with zero attached hydrogens (tertiary/aromatic N) is 1. The lowest BCUT2D eigenvalue weighted by Gasteiger charge is -2.23. The standard InChI is InChI=1S/C10H17N3O2/c1-7-8(5-15-13-7)4-9(14)12-10(2,3)6-11/h5H,4,6,11H2,1-3H3,(H,12,14). The monoisotopic (exact) mass is 211 g/mol. The second kappa shape index (κ2) is 4.44. The van der Waals surface area contributed by atoms with Gasteiger partial charge in [0.15, 0.2) is 0 Å². The van der Waals surface area contributed by atoms with Gasteiger partial charge in [0.2, 0.25) is 5.91 Å². The van der Waals surface area contributed by atoms with Crippen LogP contribution in [0.4, 0.5) is 0 Å². The van der Waals surface area contributed by atoms with Gasteiger partial charge in [0, 0.05) is 17.6 Å². The molecular weight excluding hydrogens is 194 g/mol. The summed E-state index contributed by atoms with van der Waals surface area (Å²) in [5.41, 5.74) is 6.69. The topological polar surface area (TPSA) is 81.2 Å². The van der Waals surface area contributed by atoms with E-state index in [0.717, 1.165) is 11.3 Å². The van der Waals surface area contributed by atoms with Crippen molar-refractivity contribution in [3.63, 3.8) is 0 Å². The summed E-state index contributed by atoms with van der Waals surface area (Å²) in [6.07, 6.45) is 1.77. The first-order chi connectivity index (χ1) is 6.94. The summed E-state index contributed by atoms with van der Waals surface area (Å²) < 4.78 is 4.75. The molecule has 5 nitrogen and oxygen atoms in total. The summed E-state index contributed by atoms with van der Waals surface area (Å²) in [5.74, 6) is -0.0725. The summed E-state index contributed by atoms with van der Waals surface area (Å²) in [7, 11) is 0. The Labute approximate surface area is 89.0 Å². The van der Waals surface area contributed by atoms with Gasteiger partial charge in [0.1, 0.15) is 6.26 Å². The summed E-state index contributed by atoms with van der Waals surface area (Å²) in [5, 5.41) is 6.54. The van der Waals surface area contributed by atoms with Crippen LogP contribution in [-0.2, 0) is 11.2 Å². The number of carbonyl (C=O) groups is 1. The zero-order chi connectivity index (χ0) is 11.5. The number of nitrogens with one attached hydrogen (secondary N) is 1. The van der Waals surface area contributed by atoms with Gasteiger partial charge in [-0.3, -0.25) is 4.79 Å². The molecule has 1 aromatic heterocycles. The molecule has 0 unspecified atom stereocenters. The van der Waals surface area contributed by atoms with Crippen LogP contribution in [0.3, 0.4) is 0 Å². The Kier molecular flexibility index (Phi) is 3.47. The number of aryl methyl sites for hydroxylation is 1. The molecule has 0 aliphatic heterocycles. The first kappa shape index (κ1) is 11.7. The number of aromatic nitrogens is 1. The van der Waals surface area contributed by atoms with Crippen LogP contribution >= 0.6 is 0 Å². The van der Waals surface area contributed by atoms with Crippen molar-refractivity contribution in [2.75, 3.05) is 6.54 Å². The zero-order valence-corrected chi connectivity index (χ0v) is 9.33. The van der Waals surface area contributed by atoms with E-state index in [1.165, 1.54) is 6.26 Å². The van der Waals surface area contributed by atoms with Crippen LogP contribution in [0.15, 0.2) is 10.8 Å². The highest BCUT2D eigenvalue weighted by atomic mass is 16.5. The molecule has 84 valence electrons. The molecule has 0 spiro atoms. The van der Waals surface area contributed by atoms with Crippen LogP contribution in [0.25, 0.3) is 0 Å². The smallest absolute Gasteiger partial charge is 0.225 e. The lowest BCUT2D eigenvalue weighted by Crippen LogP contribution is -2.49. The summed E-state index contributed by atoms with van der Waals surface area (Å²) >= 11 is 0. The van der Waals surface area contributed by atoms with Crippen molar-refractivity contribution in [2.45, 2.75) is 32.7 Å². The number of rotatable bonds is 4. The van der Waals surface area contributed by atoms with Gasteiger partial charge in [0.05, 0.1) is 12.1 Å². The van der Waals surface area contributed by atoms with Crippen molar-refractivity contribution >= 4 is 5.91 Å². The van der Waals surface area contributed by atoms with Crippen molar-refractivity contribution in [1.29, 1.82) is 0 Å². The van der Waals surface area contributed by atoms with Crippen molar-refractivity contribution in [1.82, 2.24) is 10.5 Å². The van der Waals surface area contributed by atoms with Gasteiger partial charge in [-0.25, -0.2) is 0 Å². The van der Waals surface area contributed by atoms with E-state index >= 15 is 0 Å². The van der Waals surface area contributed by atoms with Gasteiger partial charge in [-0.2, -0.15) is 0 Å². The molecular formula is C10H17N3O2. The highest BCUT2D eigenvalue weighted by molar-refractivity contribution is 5.79. The van der Waals surface area contributed by atoms with Crippen LogP contribution in [0.1, 0.15) is 25.1 Å². The fraction of sp³-hybridized carbons (Fsp3) is 0.600. The van der Waals surface area contributed by atoms with Gasteiger partial charge < -0.3 is 15.6 Å². The van der Waals surface area contributed by atoms with E-state index in [0.29, 0.717) is 6.54 Å². The highest BCUT2D eigenvalue weighted by Crippen LogP contribution is 2.07. The molecule has 15 heavy (non-hydrogen) atoms. The molecule has 0 aliphatic carbocycles. The number of carbonyl (C=O) groups excluding carboxylic acids is 1. The average Bonchev–Trinajstić information content (AvgIpc) is 2.51. The molecule has 0 aromatic carbocycles.